The van der Waals surface area contributed by atoms with Gasteiger partial charge in [0.15, 0.2) is 0 Å². The Kier molecular flexibility index (Phi) is 11.4. The Bertz CT molecular complexity index is 3240. The molecule has 3 aliphatic heterocycles. The zero-order valence-electron chi connectivity index (χ0n) is 39.8. The zero-order chi connectivity index (χ0) is 48.6. The molecule has 0 amide bonds. The molecule has 0 radical (unpaired) electrons. The molecule has 0 bridgehead atoms. The summed E-state index contributed by atoms with van der Waals surface area (Å²) in [6.45, 7) is 10.0. The first kappa shape index (κ1) is 45.8. The molecule has 6 aromatic rings. The number of fused-ring (bicyclic) bond motifs is 3. The number of aromatic nitrogens is 6. The summed E-state index contributed by atoms with van der Waals surface area (Å²) >= 11 is 0. The van der Waals surface area contributed by atoms with Crippen molar-refractivity contribution in [1.29, 1.82) is 0 Å². The highest BCUT2D eigenvalue weighted by molar-refractivity contribution is 5.51. The lowest BCUT2D eigenvalue weighted by molar-refractivity contribution is 0.477. The van der Waals surface area contributed by atoms with Crippen molar-refractivity contribution in [2.24, 2.45) is 0 Å². The van der Waals surface area contributed by atoms with E-state index in [1.807, 2.05) is 45.0 Å². The van der Waals surface area contributed by atoms with E-state index < -0.39 is 0 Å². The van der Waals surface area contributed by atoms with Crippen LogP contribution in [-0.4, -0.2) is 28.7 Å². The van der Waals surface area contributed by atoms with Crippen LogP contribution >= 0.6 is 0 Å². The van der Waals surface area contributed by atoms with Crippen LogP contribution in [0.1, 0.15) is 141 Å². The molecule has 3 aromatic heterocycles. The Morgan fingerprint density at radius 3 is 1.29 bits per heavy atom. The van der Waals surface area contributed by atoms with E-state index in [1.165, 1.54) is 48.1 Å². The summed E-state index contributed by atoms with van der Waals surface area (Å²) in [4.78, 5) is 83.8. The fourth-order valence-corrected chi connectivity index (χ4v) is 10.4. The molecule has 0 saturated heterocycles. The maximum absolute atomic E-state index is 13.4. The van der Waals surface area contributed by atoms with E-state index in [-0.39, 0.29) is 74.3 Å². The Hall–Kier alpha value is -6.97. The predicted octanol–water partition coefficient (Wildman–Crippen LogP) is 7.19. The number of nitrogens with zero attached hydrogens (tertiary/aromatic N) is 3. The number of aromatic amines is 3. The molecule has 3 aromatic carbocycles. The van der Waals surface area contributed by atoms with E-state index in [9.17, 15) is 33.2 Å². The molecule has 3 fully saturated rings. The van der Waals surface area contributed by atoms with Crippen LogP contribution in [0.25, 0.3) is 0 Å². The van der Waals surface area contributed by atoms with Crippen molar-refractivity contribution in [3.05, 3.63) is 186 Å². The summed E-state index contributed by atoms with van der Waals surface area (Å²) in [6.07, 6.45) is 9.64. The molecule has 360 valence electrons. The first-order valence-electron chi connectivity index (χ1n) is 24.3. The molecule has 16 heteroatoms. The number of anilines is 3. The van der Waals surface area contributed by atoms with Crippen LogP contribution in [0.4, 0.5) is 21.8 Å². The van der Waals surface area contributed by atoms with E-state index in [4.69, 9.17) is 0 Å². The van der Waals surface area contributed by atoms with Crippen molar-refractivity contribution in [3.63, 3.8) is 0 Å². The van der Waals surface area contributed by atoms with Gasteiger partial charge in [0.25, 0.3) is 16.7 Å². The summed E-state index contributed by atoms with van der Waals surface area (Å²) in [6, 6.07) is 23.1. The molecular weight excluding hydrogens is 878 g/mol. The number of hydrogen-bond acceptors (Lipinski definition) is 9. The number of halogens is 1. The molecule has 15 nitrogen and oxygen atoms in total. The van der Waals surface area contributed by atoms with Gasteiger partial charge in [0.05, 0.1) is 51.4 Å². The number of rotatable bonds is 6. The SMILES string of the molecule is CC1(n2c(=O)[nH]c3c(c2=O)CC[C@H](c2cccc(F)c2)N3)CC1.Cc1cccc([C@H]2CCc3c([nH]c(=O)n(C4(C)CC4)c3=O)N2)c1.Cc1ccccc1[C@H]1CCc2c([nH]c(=O)n(C3(C)CC3)c2=O)N1. The molecule has 69 heavy (non-hydrogen) atoms. The Morgan fingerprint density at radius 2 is 0.884 bits per heavy atom. The average Bonchev–Trinajstić information content (AvgIpc) is 4.28. The minimum atomic E-state index is -0.374. The normalized spacial score (nSPS) is 21.4. The van der Waals surface area contributed by atoms with Gasteiger partial charge in [-0.2, -0.15) is 0 Å². The molecule has 6 aliphatic rings. The van der Waals surface area contributed by atoms with Crippen LogP contribution in [0.5, 0.6) is 0 Å². The molecule has 0 spiro atoms. The third-order valence-electron chi connectivity index (χ3n) is 15.4. The molecule has 6 heterocycles. The van der Waals surface area contributed by atoms with Gasteiger partial charge in [0.2, 0.25) is 0 Å². The first-order chi connectivity index (χ1) is 32.9. The molecule has 6 N–H and O–H groups in total. The topological polar surface area (TPSA) is 201 Å². The van der Waals surface area contributed by atoms with Gasteiger partial charge in [-0.15, -0.1) is 0 Å². The zero-order valence-corrected chi connectivity index (χ0v) is 39.8. The highest BCUT2D eigenvalue weighted by Crippen LogP contribution is 2.43. The van der Waals surface area contributed by atoms with E-state index in [1.54, 1.807) is 6.07 Å². The van der Waals surface area contributed by atoms with E-state index in [0.717, 1.165) is 56.9 Å². The van der Waals surface area contributed by atoms with Gasteiger partial charge < -0.3 is 16.0 Å². The molecule has 3 atom stereocenters. The minimum Gasteiger partial charge on any atom is -0.364 e. The smallest absolute Gasteiger partial charge is 0.330 e. The van der Waals surface area contributed by atoms with Crippen molar-refractivity contribution in [2.75, 3.05) is 16.0 Å². The van der Waals surface area contributed by atoms with Crippen molar-refractivity contribution in [2.45, 2.75) is 146 Å². The van der Waals surface area contributed by atoms with Gasteiger partial charge >= 0.3 is 17.1 Å². The van der Waals surface area contributed by atoms with E-state index >= 15 is 0 Å². The van der Waals surface area contributed by atoms with Gasteiger partial charge in [-0.3, -0.25) is 43.0 Å². The first-order valence-corrected chi connectivity index (χ1v) is 24.3. The number of H-pyrrole nitrogens is 3. The predicted molar refractivity (Wildman–Crippen MR) is 265 cm³/mol. The third-order valence-corrected chi connectivity index (χ3v) is 15.4. The van der Waals surface area contributed by atoms with Crippen LogP contribution in [0.3, 0.4) is 0 Å². The number of aryl methyl sites for hydroxylation is 2. The standard InChI is InChI=1S/2C18H21N3O2.C17H18FN3O2/c1-11-4-3-5-12(10-11)14-7-6-13-15(19-14)20-17(23)21(16(13)22)18(2)8-9-18;1-11-5-3-4-6-12(11)14-8-7-13-15(19-14)20-17(23)21(16(13)22)18(2)9-10-18;1-17(7-8-17)21-15(22)12-5-6-13(19-14(12)20-16(21)23)10-3-2-4-11(18)9-10/h3-5,10,14,19H,6-9H2,1-2H3,(H,20,23);3-6,14,19H,7-10H2,1-2H3,(H,20,23);2-4,9,13,19H,5-8H2,1H3,(H,20,23)/t2*14-;13-/m111/s1. The van der Waals surface area contributed by atoms with Gasteiger partial charge in [-0.25, -0.2) is 18.8 Å². The fraction of sp³-hybridized carbons (Fsp3) is 0.434. The monoisotopic (exact) mass is 937 g/mol. The van der Waals surface area contributed by atoms with Crippen LogP contribution < -0.4 is 49.7 Å². The largest absolute Gasteiger partial charge is 0.364 e. The van der Waals surface area contributed by atoms with Gasteiger partial charge in [0.1, 0.15) is 23.3 Å². The summed E-state index contributed by atoms with van der Waals surface area (Å²) in [5.41, 5.74) is 5.36. The van der Waals surface area contributed by atoms with Gasteiger partial charge in [-0.05, 0) is 146 Å². The highest BCUT2D eigenvalue weighted by atomic mass is 19.1. The van der Waals surface area contributed by atoms with Crippen molar-refractivity contribution in [3.8, 4) is 0 Å². The lowest BCUT2D eigenvalue weighted by atomic mass is 9.93. The van der Waals surface area contributed by atoms with Crippen molar-refractivity contribution >= 4 is 17.5 Å². The van der Waals surface area contributed by atoms with Gasteiger partial charge in [0, 0.05) is 0 Å². The van der Waals surface area contributed by atoms with Crippen LogP contribution in [0, 0.1) is 19.7 Å². The molecular formula is C53H60FN9O6. The number of nitrogens with one attached hydrogen (secondary N) is 6. The second-order valence-corrected chi connectivity index (χ2v) is 20.8. The Labute approximate surface area is 397 Å². The lowest BCUT2D eigenvalue weighted by Crippen LogP contribution is -2.44. The molecule has 12 rings (SSSR count). The van der Waals surface area contributed by atoms with Crippen molar-refractivity contribution in [1.82, 2.24) is 28.7 Å². The second kappa shape index (κ2) is 17.2. The second-order valence-electron chi connectivity index (χ2n) is 20.8. The van der Waals surface area contributed by atoms with Crippen molar-refractivity contribution < 1.29 is 4.39 Å². The summed E-state index contributed by atoms with van der Waals surface area (Å²) in [7, 11) is 0. The fourth-order valence-electron chi connectivity index (χ4n) is 10.4. The maximum Gasteiger partial charge on any atom is 0.330 e. The lowest BCUT2D eigenvalue weighted by Gasteiger charge is -2.28. The summed E-state index contributed by atoms with van der Waals surface area (Å²) in [5, 5.41) is 9.90. The molecule has 3 aliphatic carbocycles. The number of hydrogen-bond donors (Lipinski definition) is 6. The van der Waals surface area contributed by atoms with E-state index in [0.29, 0.717) is 59.8 Å². The Morgan fingerprint density at radius 1 is 0.493 bits per heavy atom. The Balaban J connectivity index is 0.000000120. The van der Waals surface area contributed by atoms with E-state index in [2.05, 4.69) is 75.1 Å². The summed E-state index contributed by atoms with van der Waals surface area (Å²) < 4.78 is 17.6. The quantitative estimate of drug-likeness (QED) is 0.100. The number of benzene rings is 3. The molecule has 3 saturated carbocycles. The molecule has 0 unspecified atom stereocenters. The van der Waals surface area contributed by atoms with Crippen LogP contribution in [-0.2, 0) is 35.9 Å². The van der Waals surface area contributed by atoms with Gasteiger partial charge in [-0.1, -0.05) is 66.2 Å². The highest BCUT2D eigenvalue weighted by Gasteiger charge is 2.45. The average molecular weight is 938 g/mol. The maximum atomic E-state index is 13.4. The van der Waals surface area contributed by atoms with Crippen LogP contribution in [0.2, 0.25) is 0 Å². The third kappa shape index (κ3) is 8.74. The summed E-state index contributed by atoms with van der Waals surface area (Å²) in [5.74, 6) is 1.37. The minimum absolute atomic E-state index is 0.111. The van der Waals surface area contributed by atoms with Crippen LogP contribution in [0.15, 0.2) is 102 Å².